The first-order valence-electron chi connectivity index (χ1n) is 5.55. The van der Waals surface area contributed by atoms with Gasteiger partial charge in [-0.2, -0.15) is 0 Å². The third kappa shape index (κ3) is 2.56. The molecule has 0 bridgehead atoms. The van der Waals surface area contributed by atoms with Crippen LogP contribution in [-0.2, 0) is 0 Å². The fraction of sp³-hybridized carbons (Fsp3) is 0.385. The Balaban J connectivity index is 2.08. The molecule has 85 valence electrons. The number of hydrogen-bond donors (Lipinski definition) is 0. The Morgan fingerprint density at radius 2 is 2.06 bits per heavy atom. The molecule has 16 heavy (non-hydrogen) atoms. The van der Waals surface area contributed by atoms with E-state index in [2.05, 4.69) is 6.92 Å². The third-order valence-corrected chi connectivity index (χ3v) is 3.21. The Bertz CT molecular complexity index is 383. The summed E-state index contributed by atoms with van der Waals surface area (Å²) in [5.41, 5.74) is 0.676. The van der Waals surface area contributed by atoms with Crippen LogP contribution >= 0.6 is 11.6 Å². The molecule has 1 fully saturated rings. The molecule has 0 aliphatic carbocycles. The predicted molar refractivity (Wildman–Crippen MR) is 65.4 cm³/mol. The highest BCUT2D eigenvalue weighted by Gasteiger charge is 2.21. The van der Waals surface area contributed by atoms with E-state index in [-0.39, 0.29) is 5.91 Å². The minimum atomic E-state index is 0.0781. The van der Waals surface area contributed by atoms with Crippen LogP contribution in [0.2, 0.25) is 5.02 Å². The lowest BCUT2D eigenvalue weighted by Gasteiger charge is -2.30. The molecule has 0 spiro atoms. The van der Waals surface area contributed by atoms with Gasteiger partial charge in [-0.15, -0.1) is 0 Å². The SMILES string of the molecule is [CH2]C1CCN(C(=O)c2cccc(Cl)c2)CC1. The van der Waals surface area contributed by atoms with E-state index in [1.807, 2.05) is 17.0 Å². The first-order valence-corrected chi connectivity index (χ1v) is 5.92. The number of carbonyl (C=O) groups is 1. The van der Waals surface area contributed by atoms with Gasteiger partial charge in [0, 0.05) is 23.7 Å². The van der Waals surface area contributed by atoms with Crippen LogP contribution < -0.4 is 0 Å². The molecule has 0 aromatic heterocycles. The maximum absolute atomic E-state index is 12.1. The lowest BCUT2D eigenvalue weighted by atomic mass is 9.98. The van der Waals surface area contributed by atoms with E-state index in [1.165, 1.54) is 0 Å². The predicted octanol–water partition coefficient (Wildman–Crippen LogP) is 3.03. The highest BCUT2D eigenvalue weighted by atomic mass is 35.5. The standard InChI is InChI=1S/C13H15ClNO/c1-10-5-7-15(8-6-10)13(16)11-3-2-4-12(14)9-11/h2-4,9-10H,1,5-8H2. The lowest BCUT2D eigenvalue weighted by Crippen LogP contribution is -2.37. The van der Waals surface area contributed by atoms with E-state index in [4.69, 9.17) is 11.6 Å². The van der Waals surface area contributed by atoms with Crippen molar-refractivity contribution >= 4 is 17.5 Å². The van der Waals surface area contributed by atoms with E-state index in [1.54, 1.807) is 12.1 Å². The van der Waals surface area contributed by atoms with Crippen LogP contribution in [0.5, 0.6) is 0 Å². The molecule has 0 atom stereocenters. The maximum Gasteiger partial charge on any atom is 0.253 e. The monoisotopic (exact) mass is 236 g/mol. The topological polar surface area (TPSA) is 20.3 Å². The summed E-state index contributed by atoms with van der Waals surface area (Å²) in [5.74, 6) is 0.567. The van der Waals surface area contributed by atoms with Gasteiger partial charge in [-0.05, 0) is 37.0 Å². The molecule has 1 aliphatic heterocycles. The first kappa shape index (κ1) is 11.5. The molecule has 1 aromatic rings. The summed E-state index contributed by atoms with van der Waals surface area (Å²) in [5, 5.41) is 0.609. The number of benzene rings is 1. The summed E-state index contributed by atoms with van der Waals surface area (Å²) >= 11 is 5.87. The fourth-order valence-corrected chi connectivity index (χ4v) is 2.13. The van der Waals surface area contributed by atoms with Crippen LogP contribution in [0.15, 0.2) is 24.3 Å². The zero-order valence-corrected chi connectivity index (χ0v) is 9.91. The molecule has 1 saturated heterocycles. The van der Waals surface area contributed by atoms with Crippen molar-refractivity contribution in [2.45, 2.75) is 12.8 Å². The van der Waals surface area contributed by atoms with Gasteiger partial charge in [0.1, 0.15) is 0 Å². The van der Waals surface area contributed by atoms with E-state index >= 15 is 0 Å². The van der Waals surface area contributed by atoms with Crippen molar-refractivity contribution in [2.75, 3.05) is 13.1 Å². The minimum absolute atomic E-state index is 0.0781. The fourth-order valence-electron chi connectivity index (χ4n) is 1.94. The molecule has 0 saturated carbocycles. The summed E-state index contributed by atoms with van der Waals surface area (Å²) < 4.78 is 0. The summed E-state index contributed by atoms with van der Waals surface area (Å²) in [6.45, 7) is 5.63. The van der Waals surface area contributed by atoms with Gasteiger partial charge in [0.25, 0.3) is 5.91 Å². The van der Waals surface area contributed by atoms with Crippen molar-refractivity contribution < 1.29 is 4.79 Å². The summed E-state index contributed by atoms with van der Waals surface area (Å²) in [6.07, 6.45) is 1.98. The highest BCUT2D eigenvalue weighted by molar-refractivity contribution is 6.30. The molecule has 1 amide bonds. The number of nitrogens with zero attached hydrogens (tertiary/aromatic N) is 1. The van der Waals surface area contributed by atoms with Crippen molar-refractivity contribution in [2.24, 2.45) is 5.92 Å². The zero-order valence-electron chi connectivity index (χ0n) is 9.16. The van der Waals surface area contributed by atoms with Crippen LogP contribution in [0.3, 0.4) is 0 Å². The van der Waals surface area contributed by atoms with Crippen LogP contribution in [0.1, 0.15) is 23.2 Å². The Morgan fingerprint density at radius 3 is 2.69 bits per heavy atom. The normalized spacial score (nSPS) is 17.5. The van der Waals surface area contributed by atoms with Gasteiger partial charge < -0.3 is 4.90 Å². The van der Waals surface area contributed by atoms with Crippen molar-refractivity contribution in [1.29, 1.82) is 0 Å². The molecule has 2 nitrogen and oxygen atoms in total. The Kier molecular flexibility index (Phi) is 3.49. The van der Waals surface area contributed by atoms with E-state index in [0.717, 1.165) is 25.9 Å². The number of hydrogen-bond acceptors (Lipinski definition) is 1. The van der Waals surface area contributed by atoms with Crippen molar-refractivity contribution in [1.82, 2.24) is 4.90 Å². The lowest BCUT2D eigenvalue weighted by molar-refractivity contribution is 0.0705. The number of piperidine rings is 1. The molecule has 3 heteroatoms. The maximum atomic E-state index is 12.1. The van der Waals surface area contributed by atoms with Crippen molar-refractivity contribution in [3.05, 3.63) is 41.8 Å². The van der Waals surface area contributed by atoms with Crippen LogP contribution in [-0.4, -0.2) is 23.9 Å². The van der Waals surface area contributed by atoms with Gasteiger partial charge in [-0.1, -0.05) is 24.6 Å². The second kappa shape index (κ2) is 4.88. The largest absolute Gasteiger partial charge is 0.339 e. The Labute approximate surface area is 101 Å². The minimum Gasteiger partial charge on any atom is -0.339 e. The highest BCUT2D eigenvalue weighted by Crippen LogP contribution is 2.19. The number of likely N-dealkylation sites (tertiary alicyclic amines) is 1. The molecule has 1 aliphatic rings. The zero-order chi connectivity index (χ0) is 11.5. The first-order chi connectivity index (χ1) is 7.66. The second-order valence-corrected chi connectivity index (χ2v) is 4.68. The molecule has 1 heterocycles. The molecule has 0 N–H and O–H groups in total. The van der Waals surface area contributed by atoms with Gasteiger partial charge in [0.15, 0.2) is 0 Å². The Morgan fingerprint density at radius 1 is 1.38 bits per heavy atom. The van der Waals surface area contributed by atoms with Gasteiger partial charge in [0.05, 0.1) is 0 Å². The van der Waals surface area contributed by atoms with Crippen molar-refractivity contribution in [3.63, 3.8) is 0 Å². The average Bonchev–Trinajstić information content (AvgIpc) is 2.29. The smallest absolute Gasteiger partial charge is 0.253 e. The third-order valence-electron chi connectivity index (χ3n) is 2.97. The van der Waals surface area contributed by atoms with Gasteiger partial charge in [-0.3, -0.25) is 4.79 Å². The van der Waals surface area contributed by atoms with E-state index < -0.39 is 0 Å². The molecule has 1 radical (unpaired) electrons. The quantitative estimate of drug-likeness (QED) is 0.734. The number of amides is 1. The molecular formula is C13H15ClNO. The van der Waals surface area contributed by atoms with Crippen LogP contribution in [0.4, 0.5) is 0 Å². The number of rotatable bonds is 1. The molecule has 0 unspecified atom stereocenters. The van der Waals surface area contributed by atoms with E-state index in [0.29, 0.717) is 16.5 Å². The second-order valence-electron chi connectivity index (χ2n) is 4.25. The molecule has 2 rings (SSSR count). The molecular weight excluding hydrogens is 222 g/mol. The van der Waals surface area contributed by atoms with Crippen LogP contribution in [0.25, 0.3) is 0 Å². The average molecular weight is 237 g/mol. The van der Waals surface area contributed by atoms with Gasteiger partial charge in [-0.25, -0.2) is 0 Å². The van der Waals surface area contributed by atoms with Crippen LogP contribution in [0, 0.1) is 12.8 Å². The summed E-state index contributed by atoms with van der Waals surface area (Å²) in [6, 6.07) is 7.12. The summed E-state index contributed by atoms with van der Waals surface area (Å²) in [4.78, 5) is 14.0. The Hall–Kier alpha value is -1.02. The summed E-state index contributed by atoms with van der Waals surface area (Å²) in [7, 11) is 0. The van der Waals surface area contributed by atoms with Gasteiger partial charge in [0.2, 0.25) is 0 Å². The number of halogens is 1. The van der Waals surface area contributed by atoms with E-state index in [9.17, 15) is 4.79 Å². The van der Waals surface area contributed by atoms with Gasteiger partial charge >= 0.3 is 0 Å². The molecule has 1 aromatic carbocycles. The number of carbonyl (C=O) groups excluding carboxylic acids is 1. The van der Waals surface area contributed by atoms with Crippen molar-refractivity contribution in [3.8, 4) is 0 Å².